The molecule has 1 aromatic heterocycles. The lowest BCUT2D eigenvalue weighted by molar-refractivity contribution is 0.0716. The number of aromatic nitrogens is 2. The van der Waals surface area contributed by atoms with Gasteiger partial charge in [0.15, 0.2) is 0 Å². The second-order valence-electron chi connectivity index (χ2n) is 4.89. The van der Waals surface area contributed by atoms with Crippen LogP contribution in [0, 0.1) is 6.92 Å². The average molecular weight is 342 g/mol. The number of benzene rings is 1. The van der Waals surface area contributed by atoms with Crippen LogP contribution in [0.1, 0.15) is 18.0 Å². The van der Waals surface area contributed by atoms with Crippen molar-refractivity contribution in [2.45, 2.75) is 25.8 Å². The Morgan fingerprint density at radius 1 is 1.40 bits per heavy atom. The molecule has 3 nitrogen and oxygen atoms in total. The van der Waals surface area contributed by atoms with Gasteiger partial charge in [0.05, 0.1) is 4.47 Å². The second kappa shape index (κ2) is 5.16. The molecule has 20 heavy (non-hydrogen) atoms. The molecule has 1 atom stereocenters. The Balaban J connectivity index is 2.14. The fraction of sp³-hybridized carbons (Fsp3) is 0.357. The van der Waals surface area contributed by atoms with Crippen molar-refractivity contribution >= 4 is 21.7 Å². The molecule has 0 fully saturated rings. The number of rotatable bonds is 2. The van der Waals surface area contributed by atoms with E-state index in [-0.39, 0.29) is 0 Å². The molecule has 1 aliphatic rings. The van der Waals surface area contributed by atoms with Crippen molar-refractivity contribution in [2.24, 2.45) is 0 Å². The van der Waals surface area contributed by atoms with Crippen molar-refractivity contribution in [1.82, 2.24) is 9.78 Å². The third-order valence-corrected chi connectivity index (χ3v) is 4.34. The Hall–Kier alpha value is -1.43. The summed E-state index contributed by atoms with van der Waals surface area (Å²) in [6.45, 7) is 2.52. The maximum Gasteiger partial charge on any atom is 0.260 e. The van der Waals surface area contributed by atoms with Crippen LogP contribution in [0.5, 0.6) is 0 Å². The van der Waals surface area contributed by atoms with Gasteiger partial charge < -0.3 is 5.32 Å². The van der Waals surface area contributed by atoms with Gasteiger partial charge in [-0.15, -0.1) is 0 Å². The molecule has 3 rings (SSSR count). The van der Waals surface area contributed by atoms with Crippen LogP contribution in [0.2, 0.25) is 0 Å². The average Bonchev–Trinajstić information content (AvgIpc) is 2.76. The van der Waals surface area contributed by atoms with Crippen LogP contribution < -0.4 is 5.32 Å². The first-order chi connectivity index (χ1) is 9.59. The van der Waals surface area contributed by atoms with Gasteiger partial charge in [0, 0.05) is 12.1 Å². The van der Waals surface area contributed by atoms with E-state index in [4.69, 9.17) is 0 Å². The zero-order chi connectivity index (χ0) is 14.3. The lowest BCUT2D eigenvalue weighted by Crippen LogP contribution is -2.28. The second-order valence-corrected chi connectivity index (χ2v) is 5.68. The van der Waals surface area contributed by atoms with Crippen molar-refractivity contribution in [3.63, 3.8) is 0 Å². The maximum absolute atomic E-state index is 13.1. The number of fused-ring (bicyclic) bond motifs is 1. The minimum atomic E-state index is -2.41. The molecule has 2 aromatic rings. The van der Waals surface area contributed by atoms with Crippen molar-refractivity contribution < 1.29 is 8.78 Å². The van der Waals surface area contributed by atoms with Crippen LogP contribution in [-0.4, -0.2) is 22.8 Å². The highest BCUT2D eigenvalue weighted by Gasteiger charge is 2.31. The summed E-state index contributed by atoms with van der Waals surface area (Å²) in [5, 5.41) is 7.56. The van der Waals surface area contributed by atoms with Gasteiger partial charge in [-0.1, -0.05) is 24.3 Å². The molecule has 1 unspecified atom stereocenters. The van der Waals surface area contributed by atoms with E-state index in [0.29, 0.717) is 24.5 Å². The van der Waals surface area contributed by atoms with Gasteiger partial charge in [-0.2, -0.15) is 5.10 Å². The number of anilines is 1. The van der Waals surface area contributed by atoms with E-state index in [1.807, 2.05) is 31.2 Å². The van der Waals surface area contributed by atoms with Crippen molar-refractivity contribution in [3.8, 4) is 11.3 Å². The molecule has 0 bridgehead atoms. The summed E-state index contributed by atoms with van der Waals surface area (Å²) >= 11 is 3.49. The molecule has 0 aliphatic carbocycles. The summed E-state index contributed by atoms with van der Waals surface area (Å²) < 4.78 is 28.4. The number of hydrogen-bond acceptors (Lipinski definition) is 2. The van der Waals surface area contributed by atoms with Crippen LogP contribution in [0.4, 0.5) is 14.6 Å². The molecule has 0 spiro atoms. The molecule has 106 valence electrons. The molecule has 2 heterocycles. The Bertz CT molecular complexity index is 639. The minimum Gasteiger partial charge on any atom is -0.369 e. The Morgan fingerprint density at radius 3 is 2.85 bits per heavy atom. The third-order valence-electron chi connectivity index (χ3n) is 3.59. The quantitative estimate of drug-likeness (QED) is 0.885. The van der Waals surface area contributed by atoms with E-state index in [0.717, 1.165) is 15.6 Å². The van der Waals surface area contributed by atoms with E-state index < -0.39 is 12.5 Å². The topological polar surface area (TPSA) is 29.9 Å². The van der Waals surface area contributed by atoms with E-state index >= 15 is 0 Å². The summed E-state index contributed by atoms with van der Waals surface area (Å²) in [5.41, 5.74) is 2.73. The predicted octanol–water partition coefficient (Wildman–Crippen LogP) is 4.24. The number of aryl methyl sites for hydroxylation is 1. The highest BCUT2D eigenvalue weighted by Crippen LogP contribution is 2.40. The lowest BCUT2D eigenvalue weighted by atomic mass is 10.1. The predicted molar refractivity (Wildman–Crippen MR) is 78.2 cm³/mol. The van der Waals surface area contributed by atoms with E-state index in [1.165, 1.54) is 4.68 Å². The number of alkyl halides is 2. The first kappa shape index (κ1) is 13.5. The van der Waals surface area contributed by atoms with Gasteiger partial charge in [-0.05, 0) is 34.8 Å². The van der Waals surface area contributed by atoms with E-state index in [9.17, 15) is 8.78 Å². The van der Waals surface area contributed by atoms with E-state index in [2.05, 4.69) is 26.3 Å². The fourth-order valence-electron chi connectivity index (χ4n) is 2.52. The van der Waals surface area contributed by atoms with Crippen LogP contribution in [0.3, 0.4) is 0 Å². The number of nitrogens with zero attached hydrogens (tertiary/aromatic N) is 2. The standard InChI is InChI=1S/C14H14BrF2N3/c1-8-4-2-3-5-9(8)12-11(15)14-18-7-6-10(13(16)17)20(14)19-12/h2-5,10,13,18H,6-7H2,1H3. The van der Waals surface area contributed by atoms with Gasteiger partial charge in [0.25, 0.3) is 6.43 Å². The molecule has 1 N–H and O–H groups in total. The number of hydrogen-bond donors (Lipinski definition) is 1. The smallest absolute Gasteiger partial charge is 0.260 e. The molecule has 0 radical (unpaired) electrons. The minimum absolute atomic E-state index is 0.381. The Morgan fingerprint density at radius 2 is 2.15 bits per heavy atom. The third kappa shape index (κ3) is 2.12. The summed E-state index contributed by atoms with van der Waals surface area (Å²) in [5.74, 6) is 0.639. The monoisotopic (exact) mass is 341 g/mol. The molecule has 1 aromatic carbocycles. The van der Waals surface area contributed by atoms with Gasteiger partial charge in [-0.3, -0.25) is 0 Å². The highest BCUT2D eigenvalue weighted by molar-refractivity contribution is 9.10. The molecular weight excluding hydrogens is 328 g/mol. The Kier molecular flexibility index (Phi) is 3.50. The van der Waals surface area contributed by atoms with Crippen LogP contribution in [0.15, 0.2) is 28.7 Å². The molecule has 1 aliphatic heterocycles. The molecule has 0 saturated carbocycles. The molecule has 0 amide bonds. The van der Waals surface area contributed by atoms with Crippen LogP contribution >= 0.6 is 15.9 Å². The molecule has 6 heteroatoms. The molecule has 0 saturated heterocycles. The van der Waals surface area contributed by atoms with Gasteiger partial charge in [-0.25, -0.2) is 13.5 Å². The number of halogens is 3. The zero-order valence-electron chi connectivity index (χ0n) is 10.9. The number of nitrogens with one attached hydrogen (secondary N) is 1. The highest BCUT2D eigenvalue weighted by atomic mass is 79.9. The molecular formula is C14H14BrF2N3. The fourth-order valence-corrected chi connectivity index (χ4v) is 3.13. The summed E-state index contributed by atoms with van der Waals surface area (Å²) in [4.78, 5) is 0. The summed E-state index contributed by atoms with van der Waals surface area (Å²) in [6.07, 6.45) is -2.03. The first-order valence-electron chi connectivity index (χ1n) is 6.45. The van der Waals surface area contributed by atoms with Crippen molar-refractivity contribution in [3.05, 3.63) is 34.3 Å². The summed E-state index contributed by atoms with van der Waals surface area (Å²) in [6, 6.07) is 6.94. The normalized spacial score (nSPS) is 17.9. The largest absolute Gasteiger partial charge is 0.369 e. The summed E-state index contributed by atoms with van der Waals surface area (Å²) in [7, 11) is 0. The van der Waals surface area contributed by atoms with Crippen LogP contribution in [0.25, 0.3) is 11.3 Å². The maximum atomic E-state index is 13.1. The van der Waals surface area contributed by atoms with Crippen molar-refractivity contribution in [2.75, 3.05) is 11.9 Å². The Labute approximate surface area is 124 Å². The van der Waals surface area contributed by atoms with Crippen LogP contribution in [-0.2, 0) is 0 Å². The van der Waals surface area contributed by atoms with Gasteiger partial charge in [0.2, 0.25) is 0 Å². The van der Waals surface area contributed by atoms with E-state index in [1.54, 1.807) is 0 Å². The SMILES string of the molecule is Cc1ccccc1-c1nn2c(c1Br)NCCC2C(F)F. The first-order valence-corrected chi connectivity index (χ1v) is 7.25. The zero-order valence-corrected chi connectivity index (χ0v) is 12.5. The van der Waals surface area contributed by atoms with Crippen molar-refractivity contribution in [1.29, 1.82) is 0 Å². The van der Waals surface area contributed by atoms with Gasteiger partial charge >= 0.3 is 0 Å². The lowest BCUT2D eigenvalue weighted by Gasteiger charge is -2.24. The van der Waals surface area contributed by atoms with Gasteiger partial charge in [0.1, 0.15) is 17.6 Å².